The first-order valence-corrected chi connectivity index (χ1v) is 7.76. The third-order valence-corrected chi connectivity index (χ3v) is 3.92. The Morgan fingerprint density at radius 1 is 1.29 bits per heavy atom. The third-order valence-electron chi connectivity index (χ3n) is 3.92. The zero-order chi connectivity index (χ0) is 16.9. The van der Waals surface area contributed by atoms with E-state index in [-0.39, 0.29) is 18.4 Å². The van der Waals surface area contributed by atoms with Crippen LogP contribution in [0.1, 0.15) is 5.56 Å². The molecule has 3 N–H and O–H groups in total. The molecule has 0 spiro atoms. The number of anilines is 2. The zero-order valence-electron chi connectivity index (χ0n) is 13.5. The average molecular weight is 324 g/mol. The molecule has 3 rings (SSSR count). The maximum atomic E-state index is 12.4. The molecular formula is C18H20N4O2. The predicted molar refractivity (Wildman–Crippen MR) is 95.6 cm³/mol. The third kappa shape index (κ3) is 3.48. The van der Waals surface area contributed by atoms with Gasteiger partial charge in [0.15, 0.2) is 5.96 Å². The number of rotatable bonds is 4. The highest BCUT2D eigenvalue weighted by molar-refractivity contribution is 5.99. The van der Waals surface area contributed by atoms with E-state index in [1.807, 2.05) is 42.5 Å². The van der Waals surface area contributed by atoms with Crippen LogP contribution in [-0.2, 0) is 11.2 Å². The van der Waals surface area contributed by atoms with Crippen LogP contribution >= 0.6 is 0 Å². The van der Waals surface area contributed by atoms with Crippen LogP contribution in [0.2, 0.25) is 0 Å². The number of nitrogens with one attached hydrogen (secondary N) is 1. The van der Waals surface area contributed by atoms with Crippen molar-refractivity contribution in [3.63, 3.8) is 0 Å². The molecule has 24 heavy (non-hydrogen) atoms. The van der Waals surface area contributed by atoms with Crippen LogP contribution in [-0.4, -0.2) is 32.1 Å². The molecule has 0 aromatic heterocycles. The van der Waals surface area contributed by atoms with Crippen molar-refractivity contribution in [3.05, 3.63) is 54.1 Å². The molecule has 124 valence electrons. The van der Waals surface area contributed by atoms with Gasteiger partial charge in [-0.25, -0.2) is 4.99 Å². The molecule has 2 aromatic carbocycles. The lowest BCUT2D eigenvalue weighted by atomic mass is 10.2. The number of benzene rings is 2. The van der Waals surface area contributed by atoms with Gasteiger partial charge < -0.3 is 20.7 Å². The zero-order valence-corrected chi connectivity index (χ0v) is 13.5. The molecule has 1 aliphatic heterocycles. The summed E-state index contributed by atoms with van der Waals surface area (Å²) >= 11 is 0. The number of nitrogens with zero attached hydrogens (tertiary/aromatic N) is 2. The molecule has 0 atom stereocenters. The SMILES string of the molecule is COc1cccc(NC(N)=NCC(=O)N2CCc3ccccc32)c1. The first-order valence-electron chi connectivity index (χ1n) is 7.76. The van der Waals surface area contributed by atoms with Gasteiger partial charge in [-0.15, -0.1) is 0 Å². The minimum absolute atomic E-state index is 0.0110. The topological polar surface area (TPSA) is 80.0 Å². The second kappa shape index (κ2) is 7.04. The summed E-state index contributed by atoms with van der Waals surface area (Å²) in [6.07, 6.45) is 0.878. The fraction of sp³-hybridized carbons (Fsp3) is 0.222. The van der Waals surface area contributed by atoms with E-state index < -0.39 is 0 Å². The van der Waals surface area contributed by atoms with Gasteiger partial charge in [0.2, 0.25) is 5.91 Å². The van der Waals surface area contributed by atoms with Crippen LogP contribution in [0.5, 0.6) is 5.75 Å². The van der Waals surface area contributed by atoms with Crippen LogP contribution < -0.4 is 20.7 Å². The molecule has 0 bridgehead atoms. The monoisotopic (exact) mass is 324 g/mol. The largest absolute Gasteiger partial charge is 0.497 e. The van der Waals surface area contributed by atoms with Crippen molar-refractivity contribution < 1.29 is 9.53 Å². The standard InChI is InChI=1S/C18H20N4O2/c1-24-15-7-4-6-14(11-15)21-18(19)20-12-17(23)22-10-9-13-5-2-3-8-16(13)22/h2-8,11H,9-10,12H2,1H3,(H3,19,20,21). The van der Waals surface area contributed by atoms with Crippen molar-refractivity contribution in [3.8, 4) is 5.75 Å². The number of ether oxygens (including phenoxy) is 1. The number of aliphatic imine (C=N–C) groups is 1. The summed E-state index contributed by atoms with van der Waals surface area (Å²) in [6, 6.07) is 15.3. The van der Waals surface area contributed by atoms with Gasteiger partial charge in [-0.2, -0.15) is 0 Å². The van der Waals surface area contributed by atoms with E-state index in [4.69, 9.17) is 10.5 Å². The Kier molecular flexibility index (Phi) is 4.65. The number of guanidine groups is 1. The van der Waals surface area contributed by atoms with Crippen LogP contribution in [0.25, 0.3) is 0 Å². The molecule has 1 amide bonds. The van der Waals surface area contributed by atoms with Crippen molar-refractivity contribution in [2.45, 2.75) is 6.42 Å². The van der Waals surface area contributed by atoms with Crippen LogP contribution in [0.4, 0.5) is 11.4 Å². The maximum Gasteiger partial charge on any atom is 0.248 e. The average Bonchev–Trinajstić information content (AvgIpc) is 3.04. The van der Waals surface area contributed by atoms with E-state index in [1.165, 1.54) is 5.56 Å². The van der Waals surface area contributed by atoms with Gasteiger partial charge in [0.1, 0.15) is 12.3 Å². The van der Waals surface area contributed by atoms with E-state index in [0.717, 1.165) is 23.5 Å². The summed E-state index contributed by atoms with van der Waals surface area (Å²) in [4.78, 5) is 18.3. The Balaban J connectivity index is 1.62. The van der Waals surface area contributed by atoms with Gasteiger partial charge in [-0.3, -0.25) is 4.79 Å². The number of fused-ring (bicyclic) bond motifs is 1. The number of para-hydroxylation sites is 1. The highest BCUT2D eigenvalue weighted by Gasteiger charge is 2.23. The Hall–Kier alpha value is -3.02. The fourth-order valence-corrected chi connectivity index (χ4v) is 2.72. The highest BCUT2D eigenvalue weighted by atomic mass is 16.5. The number of methoxy groups -OCH3 is 1. The molecule has 0 radical (unpaired) electrons. The summed E-state index contributed by atoms with van der Waals surface area (Å²) in [5, 5.41) is 2.96. The molecule has 6 nitrogen and oxygen atoms in total. The number of hydrogen-bond donors (Lipinski definition) is 2. The van der Waals surface area contributed by atoms with Gasteiger partial charge in [0.25, 0.3) is 0 Å². The number of amides is 1. The molecule has 2 aromatic rings. The van der Waals surface area contributed by atoms with E-state index in [2.05, 4.69) is 10.3 Å². The van der Waals surface area contributed by atoms with Crippen LogP contribution in [0, 0.1) is 0 Å². The second-order valence-electron chi connectivity index (χ2n) is 5.48. The Bertz CT molecular complexity index is 773. The van der Waals surface area contributed by atoms with Gasteiger partial charge >= 0.3 is 0 Å². The second-order valence-corrected chi connectivity index (χ2v) is 5.48. The van der Waals surface area contributed by atoms with E-state index in [9.17, 15) is 4.79 Å². The number of carbonyl (C=O) groups excluding carboxylic acids is 1. The molecule has 1 aliphatic rings. The first kappa shape index (κ1) is 15.9. The highest BCUT2D eigenvalue weighted by Crippen LogP contribution is 2.27. The van der Waals surface area contributed by atoms with Gasteiger partial charge in [-0.1, -0.05) is 24.3 Å². The predicted octanol–water partition coefficient (Wildman–Crippen LogP) is 2.01. The van der Waals surface area contributed by atoms with Crippen molar-refractivity contribution in [1.29, 1.82) is 0 Å². The quantitative estimate of drug-likeness (QED) is 0.666. The summed E-state index contributed by atoms with van der Waals surface area (Å²) in [7, 11) is 1.60. The lowest BCUT2D eigenvalue weighted by Gasteiger charge is -2.16. The molecular weight excluding hydrogens is 304 g/mol. The van der Waals surface area contributed by atoms with E-state index >= 15 is 0 Å². The summed E-state index contributed by atoms with van der Waals surface area (Å²) < 4.78 is 5.15. The van der Waals surface area contributed by atoms with Gasteiger partial charge in [0, 0.05) is 24.0 Å². The molecule has 0 saturated heterocycles. The van der Waals surface area contributed by atoms with Crippen molar-refractivity contribution in [2.24, 2.45) is 10.7 Å². The number of carbonyl (C=O) groups is 1. The van der Waals surface area contributed by atoms with Crippen molar-refractivity contribution in [1.82, 2.24) is 0 Å². The Morgan fingerprint density at radius 3 is 2.96 bits per heavy atom. The Labute approximate surface area is 140 Å². The number of hydrogen-bond acceptors (Lipinski definition) is 3. The van der Waals surface area contributed by atoms with Gasteiger partial charge in [-0.05, 0) is 30.2 Å². The first-order chi connectivity index (χ1) is 11.7. The minimum Gasteiger partial charge on any atom is -0.497 e. The maximum absolute atomic E-state index is 12.4. The summed E-state index contributed by atoms with van der Waals surface area (Å²) in [5.74, 6) is 0.858. The normalized spacial score (nSPS) is 13.5. The van der Waals surface area contributed by atoms with Gasteiger partial charge in [0.05, 0.1) is 7.11 Å². The van der Waals surface area contributed by atoms with Crippen LogP contribution in [0.3, 0.4) is 0 Å². The van der Waals surface area contributed by atoms with Crippen LogP contribution in [0.15, 0.2) is 53.5 Å². The molecule has 0 saturated carbocycles. The summed E-state index contributed by atoms with van der Waals surface area (Å²) in [5.41, 5.74) is 8.79. The molecule has 0 unspecified atom stereocenters. The molecule has 0 fully saturated rings. The fourth-order valence-electron chi connectivity index (χ4n) is 2.72. The minimum atomic E-state index is -0.0599. The lowest BCUT2D eigenvalue weighted by Crippen LogP contribution is -2.32. The number of nitrogens with two attached hydrogens (primary N) is 1. The van der Waals surface area contributed by atoms with E-state index in [0.29, 0.717) is 6.54 Å². The molecule has 1 heterocycles. The molecule has 0 aliphatic carbocycles. The van der Waals surface area contributed by atoms with E-state index in [1.54, 1.807) is 18.1 Å². The molecule has 6 heteroatoms. The lowest BCUT2D eigenvalue weighted by molar-refractivity contribution is -0.117. The van der Waals surface area contributed by atoms with Crippen molar-refractivity contribution >= 4 is 23.2 Å². The van der Waals surface area contributed by atoms with Crippen molar-refractivity contribution in [2.75, 3.05) is 30.4 Å². The smallest absolute Gasteiger partial charge is 0.248 e. The summed E-state index contributed by atoms with van der Waals surface area (Å²) in [6.45, 7) is 0.702. The Morgan fingerprint density at radius 2 is 2.12 bits per heavy atom.